The Hall–Kier alpha value is -2.38. The van der Waals surface area contributed by atoms with Crippen molar-refractivity contribution in [3.05, 3.63) is 53.3 Å². The minimum Gasteiger partial charge on any atom is -0.380 e. The molecule has 1 fully saturated rings. The predicted molar refractivity (Wildman–Crippen MR) is 77.0 cm³/mol. The molecule has 0 bridgehead atoms. The lowest BCUT2D eigenvalue weighted by Crippen LogP contribution is -2.25. The smallest absolute Gasteiger partial charge is 0.101 e. The van der Waals surface area contributed by atoms with Gasteiger partial charge in [-0.3, -0.25) is 4.98 Å². The van der Waals surface area contributed by atoms with Gasteiger partial charge in [-0.15, -0.1) is 0 Å². The molecule has 1 aromatic heterocycles. The van der Waals surface area contributed by atoms with Crippen LogP contribution in [0.25, 0.3) is 0 Å². The fourth-order valence-electron chi connectivity index (χ4n) is 2.21. The predicted octanol–water partition coefficient (Wildman–Crippen LogP) is 3.12. The summed E-state index contributed by atoms with van der Waals surface area (Å²) in [5, 5.41) is 12.5. The van der Waals surface area contributed by atoms with E-state index >= 15 is 0 Å². The van der Waals surface area contributed by atoms with Gasteiger partial charge in [0.1, 0.15) is 6.07 Å². The number of hydrogen-bond donors (Lipinski definition) is 1. The zero-order valence-electron chi connectivity index (χ0n) is 11.3. The van der Waals surface area contributed by atoms with Gasteiger partial charge in [0, 0.05) is 12.1 Å². The number of rotatable bonds is 3. The third kappa shape index (κ3) is 2.36. The average molecular weight is 265 g/mol. The molecule has 0 unspecified atom stereocenters. The van der Waals surface area contributed by atoms with Crippen LogP contribution >= 0.6 is 0 Å². The van der Waals surface area contributed by atoms with Crippen molar-refractivity contribution in [1.29, 1.82) is 5.26 Å². The average Bonchev–Trinajstić information content (AvgIpc) is 2.40. The molecular weight excluding hydrogens is 250 g/mol. The molecule has 0 aliphatic carbocycles. The van der Waals surface area contributed by atoms with Crippen LogP contribution in [-0.2, 0) is 4.74 Å². The van der Waals surface area contributed by atoms with Gasteiger partial charge in [0.05, 0.1) is 35.8 Å². The molecule has 20 heavy (non-hydrogen) atoms. The molecule has 1 aliphatic rings. The lowest BCUT2D eigenvalue weighted by Gasteiger charge is -2.27. The summed E-state index contributed by atoms with van der Waals surface area (Å²) in [6, 6.07) is 12.0. The quantitative estimate of drug-likeness (QED) is 0.926. The van der Waals surface area contributed by atoms with E-state index in [2.05, 4.69) is 16.4 Å². The maximum atomic E-state index is 9.24. The molecule has 100 valence electrons. The van der Waals surface area contributed by atoms with E-state index in [0.29, 0.717) is 11.5 Å². The summed E-state index contributed by atoms with van der Waals surface area (Å²) in [7, 11) is 0. The van der Waals surface area contributed by atoms with E-state index < -0.39 is 0 Å². The third-order valence-electron chi connectivity index (χ3n) is 3.55. The number of pyridine rings is 1. The van der Waals surface area contributed by atoms with E-state index in [-0.39, 0.29) is 0 Å². The Balaban J connectivity index is 1.94. The molecule has 1 aromatic carbocycles. The van der Waals surface area contributed by atoms with Gasteiger partial charge in [-0.1, -0.05) is 6.07 Å². The number of nitrogens with one attached hydrogen (secondary N) is 1. The first kappa shape index (κ1) is 12.6. The van der Waals surface area contributed by atoms with Gasteiger partial charge in [-0.25, -0.2) is 0 Å². The first-order chi connectivity index (χ1) is 9.78. The van der Waals surface area contributed by atoms with Crippen LogP contribution in [0.3, 0.4) is 0 Å². The first-order valence-corrected chi connectivity index (χ1v) is 6.58. The molecule has 3 rings (SSSR count). The van der Waals surface area contributed by atoms with Crippen molar-refractivity contribution in [3.8, 4) is 6.07 Å². The summed E-state index contributed by atoms with van der Waals surface area (Å²) in [5.74, 6) is 0.443. The van der Waals surface area contributed by atoms with Crippen molar-refractivity contribution in [2.45, 2.75) is 12.8 Å². The molecule has 0 saturated carbocycles. The van der Waals surface area contributed by atoms with Crippen molar-refractivity contribution in [2.24, 2.45) is 0 Å². The molecule has 1 saturated heterocycles. The molecule has 1 aliphatic heterocycles. The van der Waals surface area contributed by atoms with Crippen LogP contribution in [0.5, 0.6) is 0 Å². The highest BCUT2D eigenvalue weighted by atomic mass is 16.5. The third-order valence-corrected chi connectivity index (χ3v) is 3.55. The maximum absolute atomic E-state index is 9.24. The van der Waals surface area contributed by atoms with Gasteiger partial charge in [0.2, 0.25) is 0 Å². The van der Waals surface area contributed by atoms with E-state index in [4.69, 9.17) is 4.74 Å². The van der Waals surface area contributed by atoms with Crippen molar-refractivity contribution in [1.82, 2.24) is 4.98 Å². The van der Waals surface area contributed by atoms with Crippen LogP contribution in [0, 0.1) is 18.3 Å². The number of nitriles is 1. The second-order valence-corrected chi connectivity index (χ2v) is 4.91. The summed E-state index contributed by atoms with van der Waals surface area (Å²) in [6.07, 6.45) is 1.76. The fourth-order valence-corrected chi connectivity index (χ4v) is 2.21. The number of nitrogens with zero attached hydrogens (tertiary/aromatic N) is 2. The second kappa shape index (κ2) is 5.32. The molecule has 1 N–H and O–H groups in total. The van der Waals surface area contributed by atoms with Gasteiger partial charge < -0.3 is 10.1 Å². The molecule has 0 atom stereocenters. The molecule has 0 amide bonds. The van der Waals surface area contributed by atoms with Crippen LogP contribution in [0.2, 0.25) is 0 Å². The lowest BCUT2D eigenvalue weighted by molar-refractivity contribution is 0.00844. The monoisotopic (exact) mass is 265 g/mol. The Bertz CT molecular complexity index is 672. The fraction of sp³-hybridized carbons (Fsp3) is 0.250. The minimum atomic E-state index is 0.443. The zero-order chi connectivity index (χ0) is 13.9. The SMILES string of the molecule is Cc1ncccc1Nc1cc(C2COC2)ccc1C#N. The first-order valence-electron chi connectivity index (χ1n) is 6.58. The molecular formula is C16H15N3O. The van der Waals surface area contributed by atoms with E-state index in [1.807, 2.05) is 37.3 Å². The van der Waals surface area contributed by atoms with Gasteiger partial charge in [0.15, 0.2) is 0 Å². The van der Waals surface area contributed by atoms with Crippen LogP contribution < -0.4 is 5.32 Å². The standard InChI is InChI=1S/C16H15N3O/c1-11-15(3-2-6-18-11)19-16-7-12(14-9-20-10-14)4-5-13(16)8-17/h2-7,14,19H,9-10H2,1H3. The highest BCUT2D eigenvalue weighted by Gasteiger charge is 2.21. The summed E-state index contributed by atoms with van der Waals surface area (Å²) in [6.45, 7) is 3.46. The number of ether oxygens (including phenoxy) is 1. The van der Waals surface area contributed by atoms with E-state index in [0.717, 1.165) is 30.3 Å². The normalized spacial score (nSPS) is 14.4. The van der Waals surface area contributed by atoms with Gasteiger partial charge in [0.25, 0.3) is 0 Å². The van der Waals surface area contributed by atoms with Gasteiger partial charge >= 0.3 is 0 Å². The Morgan fingerprint density at radius 1 is 1.30 bits per heavy atom. The van der Waals surface area contributed by atoms with E-state index in [9.17, 15) is 5.26 Å². The topological polar surface area (TPSA) is 57.9 Å². The van der Waals surface area contributed by atoms with Crippen molar-refractivity contribution in [2.75, 3.05) is 18.5 Å². The molecule has 0 radical (unpaired) electrons. The van der Waals surface area contributed by atoms with Crippen LogP contribution in [0.4, 0.5) is 11.4 Å². The van der Waals surface area contributed by atoms with Crippen molar-refractivity contribution < 1.29 is 4.74 Å². The molecule has 2 heterocycles. The van der Waals surface area contributed by atoms with E-state index in [1.54, 1.807) is 6.20 Å². The maximum Gasteiger partial charge on any atom is 0.101 e. The van der Waals surface area contributed by atoms with Crippen LogP contribution in [0.1, 0.15) is 22.7 Å². The molecule has 0 spiro atoms. The van der Waals surface area contributed by atoms with Crippen molar-refractivity contribution in [3.63, 3.8) is 0 Å². The largest absolute Gasteiger partial charge is 0.380 e. The summed E-state index contributed by atoms with van der Waals surface area (Å²) < 4.78 is 5.23. The summed E-state index contributed by atoms with van der Waals surface area (Å²) in [5.41, 5.74) is 4.50. The highest BCUT2D eigenvalue weighted by molar-refractivity contribution is 5.68. The number of aromatic nitrogens is 1. The Kier molecular flexibility index (Phi) is 3.36. The van der Waals surface area contributed by atoms with Crippen molar-refractivity contribution >= 4 is 11.4 Å². The number of aryl methyl sites for hydroxylation is 1. The second-order valence-electron chi connectivity index (χ2n) is 4.91. The minimum absolute atomic E-state index is 0.443. The van der Waals surface area contributed by atoms with Gasteiger partial charge in [-0.05, 0) is 36.8 Å². The Labute approximate surface area is 118 Å². The molecule has 2 aromatic rings. The Morgan fingerprint density at radius 3 is 2.80 bits per heavy atom. The lowest BCUT2D eigenvalue weighted by atomic mass is 9.95. The highest BCUT2D eigenvalue weighted by Crippen LogP contribution is 2.29. The Morgan fingerprint density at radius 2 is 2.15 bits per heavy atom. The van der Waals surface area contributed by atoms with Crippen LogP contribution in [-0.4, -0.2) is 18.2 Å². The zero-order valence-corrected chi connectivity index (χ0v) is 11.3. The number of hydrogen-bond acceptors (Lipinski definition) is 4. The summed E-state index contributed by atoms with van der Waals surface area (Å²) in [4.78, 5) is 4.25. The summed E-state index contributed by atoms with van der Waals surface area (Å²) >= 11 is 0. The number of anilines is 2. The van der Waals surface area contributed by atoms with E-state index in [1.165, 1.54) is 5.56 Å². The number of benzene rings is 1. The van der Waals surface area contributed by atoms with Gasteiger partial charge in [-0.2, -0.15) is 5.26 Å². The molecule has 4 nitrogen and oxygen atoms in total. The van der Waals surface area contributed by atoms with Crippen LogP contribution in [0.15, 0.2) is 36.5 Å². The molecule has 4 heteroatoms.